The topological polar surface area (TPSA) is 95.0 Å². The molecule has 2 aliphatic heterocycles. The van der Waals surface area contributed by atoms with E-state index < -0.39 is 17.6 Å². The van der Waals surface area contributed by atoms with Gasteiger partial charge in [-0.2, -0.15) is 0 Å². The van der Waals surface area contributed by atoms with Gasteiger partial charge in [-0.05, 0) is 95.3 Å². The average Bonchev–Trinajstić information content (AvgIpc) is 3.70. The third-order valence-electron chi connectivity index (χ3n) is 8.46. The second-order valence-electron chi connectivity index (χ2n) is 12.9. The first-order valence-corrected chi connectivity index (χ1v) is 15.5. The van der Waals surface area contributed by atoms with E-state index in [0.29, 0.717) is 48.5 Å². The Hall–Kier alpha value is -3.99. The van der Waals surface area contributed by atoms with E-state index >= 15 is 4.39 Å². The van der Waals surface area contributed by atoms with Crippen LogP contribution >= 0.6 is 0 Å². The van der Waals surface area contributed by atoms with Gasteiger partial charge in [0.2, 0.25) is 5.78 Å². The van der Waals surface area contributed by atoms with Crippen molar-refractivity contribution in [1.82, 2.24) is 29.5 Å². The number of fused-ring (bicyclic) bond motifs is 3. The SMILES string of the molecule is CC(C)(C)OC(=O)N1CCC[C@H]1c1ccc(-c2cn3c(n2)[nH]c2cc(C(=O)NCCCN4CCC(F)CC4)ccc23)c(F)c1. The van der Waals surface area contributed by atoms with Crippen LogP contribution in [-0.4, -0.2) is 80.7 Å². The molecule has 2 aromatic carbocycles. The maximum Gasteiger partial charge on any atom is 0.410 e. The molecule has 0 saturated carbocycles. The van der Waals surface area contributed by atoms with Crippen LogP contribution in [0.25, 0.3) is 28.1 Å². The highest BCUT2D eigenvalue weighted by atomic mass is 19.1. The fourth-order valence-electron chi connectivity index (χ4n) is 6.22. The Balaban J connectivity index is 1.12. The van der Waals surface area contributed by atoms with Crippen LogP contribution in [0.4, 0.5) is 13.6 Å². The summed E-state index contributed by atoms with van der Waals surface area (Å²) in [5.74, 6) is -0.0219. The van der Waals surface area contributed by atoms with Crippen LogP contribution in [-0.2, 0) is 4.74 Å². The number of halogens is 2. The summed E-state index contributed by atoms with van der Waals surface area (Å²) in [4.78, 5) is 37.3. The number of hydrogen-bond donors (Lipinski definition) is 2. The zero-order valence-electron chi connectivity index (χ0n) is 25.5. The molecule has 2 aliphatic rings. The molecule has 2 aromatic heterocycles. The van der Waals surface area contributed by atoms with Crippen molar-refractivity contribution in [2.75, 3.05) is 32.7 Å². The maximum absolute atomic E-state index is 15.5. The van der Waals surface area contributed by atoms with E-state index in [1.807, 2.05) is 37.3 Å². The summed E-state index contributed by atoms with van der Waals surface area (Å²) in [5, 5.41) is 2.97. The Morgan fingerprint density at radius 3 is 2.64 bits per heavy atom. The second kappa shape index (κ2) is 12.2. The first kappa shape index (κ1) is 30.1. The second-order valence-corrected chi connectivity index (χ2v) is 12.9. The lowest BCUT2D eigenvalue weighted by molar-refractivity contribution is 0.0224. The van der Waals surface area contributed by atoms with E-state index in [1.54, 1.807) is 29.3 Å². The van der Waals surface area contributed by atoms with Gasteiger partial charge in [0, 0.05) is 43.5 Å². The number of benzene rings is 2. The number of hydrogen-bond acceptors (Lipinski definition) is 5. The Kier molecular flexibility index (Phi) is 8.32. The summed E-state index contributed by atoms with van der Waals surface area (Å²) in [5.41, 5.74) is 3.09. The van der Waals surface area contributed by atoms with Crippen molar-refractivity contribution >= 4 is 28.8 Å². The van der Waals surface area contributed by atoms with Crippen LogP contribution in [0, 0.1) is 5.82 Å². The molecule has 0 radical (unpaired) electrons. The Bertz CT molecular complexity index is 1670. The number of aromatic nitrogens is 3. The number of H-pyrrole nitrogens is 1. The highest BCUT2D eigenvalue weighted by Gasteiger charge is 2.33. The number of alkyl halides is 1. The van der Waals surface area contributed by atoms with Crippen molar-refractivity contribution in [3.63, 3.8) is 0 Å². The molecule has 0 unspecified atom stereocenters. The van der Waals surface area contributed by atoms with Crippen molar-refractivity contribution in [1.29, 1.82) is 0 Å². The maximum atomic E-state index is 15.5. The van der Waals surface area contributed by atoms with Crippen molar-refractivity contribution in [3.05, 3.63) is 59.5 Å². The molecule has 0 bridgehead atoms. The van der Waals surface area contributed by atoms with Gasteiger partial charge in [0.05, 0.1) is 22.8 Å². The molecule has 1 atom stereocenters. The standard InChI is InChI=1S/C33H40F2N6O3/c1-33(2,3)44-32(43)40-15-4-6-28(40)21-7-9-24(25(35)18-21)27-20-41-29-10-8-22(19-26(29)37-31(41)38-27)30(42)36-13-5-14-39-16-11-23(34)12-17-39/h7-10,18-20,23,28H,4-6,11-17H2,1-3H3,(H,36,42)(H,37,38)/t28-/m0/s1. The van der Waals surface area contributed by atoms with E-state index in [9.17, 15) is 14.0 Å². The summed E-state index contributed by atoms with van der Waals surface area (Å²) in [6.45, 7) is 9.02. The first-order valence-electron chi connectivity index (χ1n) is 15.5. The molecular weight excluding hydrogens is 566 g/mol. The zero-order valence-corrected chi connectivity index (χ0v) is 25.5. The summed E-state index contributed by atoms with van der Waals surface area (Å²) < 4.78 is 36.2. The van der Waals surface area contributed by atoms with Gasteiger partial charge < -0.3 is 24.8 Å². The molecule has 11 heteroatoms. The number of amides is 2. The number of aromatic amines is 1. The number of carbonyl (C=O) groups excluding carboxylic acids is 2. The van der Waals surface area contributed by atoms with Crippen LogP contribution in [0.3, 0.4) is 0 Å². The molecule has 6 rings (SSSR count). The molecule has 44 heavy (non-hydrogen) atoms. The summed E-state index contributed by atoms with van der Waals surface area (Å²) in [7, 11) is 0. The Morgan fingerprint density at radius 1 is 1.09 bits per heavy atom. The van der Waals surface area contributed by atoms with E-state index in [1.165, 1.54) is 6.07 Å². The van der Waals surface area contributed by atoms with Crippen LogP contribution in [0.1, 0.15) is 74.8 Å². The van der Waals surface area contributed by atoms with Gasteiger partial charge in [-0.15, -0.1) is 0 Å². The highest BCUT2D eigenvalue weighted by Crippen LogP contribution is 2.35. The molecule has 4 aromatic rings. The van der Waals surface area contributed by atoms with E-state index in [0.717, 1.165) is 55.5 Å². The monoisotopic (exact) mass is 606 g/mol. The van der Waals surface area contributed by atoms with Crippen molar-refractivity contribution < 1.29 is 23.1 Å². The molecule has 2 saturated heterocycles. The first-order chi connectivity index (χ1) is 21.1. The molecule has 2 N–H and O–H groups in total. The minimum absolute atomic E-state index is 0.156. The fourth-order valence-corrected chi connectivity index (χ4v) is 6.22. The molecule has 0 aliphatic carbocycles. The number of ether oxygens (including phenoxy) is 1. The fraction of sp³-hybridized carbons (Fsp3) is 0.485. The number of nitrogens with zero attached hydrogens (tertiary/aromatic N) is 4. The van der Waals surface area contributed by atoms with E-state index in [4.69, 9.17) is 4.74 Å². The smallest absolute Gasteiger partial charge is 0.410 e. The van der Waals surface area contributed by atoms with Gasteiger partial charge in [0.15, 0.2) is 0 Å². The molecular formula is C33H40F2N6O3. The molecule has 0 spiro atoms. The van der Waals surface area contributed by atoms with Gasteiger partial charge in [-0.25, -0.2) is 18.6 Å². The minimum atomic E-state index is -0.683. The van der Waals surface area contributed by atoms with Gasteiger partial charge >= 0.3 is 6.09 Å². The lowest BCUT2D eigenvalue weighted by atomic mass is 10.0. The van der Waals surface area contributed by atoms with Crippen LogP contribution < -0.4 is 5.32 Å². The molecule has 2 amide bonds. The molecule has 234 valence electrons. The molecule has 2 fully saturated rings. The van der Waals surface area contributed by atoms with Crippen LogP contribution in [0.5, 0.6) is 0 Å². The highest BCUT2D eigenvalue weighted by molar-refractivity contribution is 5.98. The van der Waals surface area contributed by atoms with Crippen molar-refractivity contribution in [2.24, 2.45) is 0 Å². The Labute approximate surface area is 255 Å². The van der Waals surface area contributed by atoms with Gasteiger partial charge in [-0.3, -0.25) is 9.20 Å². The molecule has 9 nitrogen and oxygen atoms in total. The van der Waals surface area contributed by atoms with Crippen LogP contribution in [0.2, 0.25) is 0 Å². The number of carbonyl (C=O) groups is 2. The zero-order chi connectivity index (χ0) is 31.0. The van der Waals surface area contributed by atoms with Gasteiger partial charge in [0.1, 0.15) is 17.6 Å². The summed E-state index contributed by atoms with van der Waals surface area (Å²) in [6.07, 6.45) is 4.28. The third-order valence-corrected chi connectivity index (χ3v) is 8.46. The quantitative estimate of drug-likeness (QED) is 0.243. The predicted octanol–water partition coefficient (Wildman–Crippen LogP) is 6.25. The number of imidazole rings is 2. The number of nitrogens with one attached hydrogen (secondary N) is 2. The van der Waals surface area contributed by atoms with E-state index in [-0.39, 0.29) is 18.0 Å². The van der Waals surface area contributed by atoms with Gasteiger partial charge in [0.25, 0.3) is 5.91 Å². The lowest BCUT2D eigenvalue weighted by Gasteiger charge is -2.29. The average molecular weight is 607 g/mol. The Morgan fingerprint density at radius 2 is 1.89 bits per heavy atom. The lowest BCUT2D eigenvalue weighted by Crippen LogP contribution is -2.36. The largest absolute Gasteiger partial charge is 0.444 e. The summed E-state index contributed by atoms with van der Waals surface area (Å²) in [6, 6.07) is 10.2. The number of piperidine rings is 1. The minimum Gasteiger partial charge on any atom is -0.444 e. The third kappa shape index (κ3) is 6.43. The predicted molar refractivity (Wildman–Crippen MR) is 165 cm³/mol. The van der Waals surface area contributed by atoms with Gasteiger partial charge in [-0.1, -0.05) is 6.07 Å². The van der Waals surface area contributed by atoms with E-state index in [2.05, 4.69) is 20.2 Å². The normalized spacial score (nSPS) is 18.4. The number of rotatable bonds is 7. The molecule has 4 heterocycles. The van der Waals surface area contributed by atoms with Crippen molar-refractivity contribution in [2.45, 2.75) is 70.7 Å². The van der Waals surface area contributed by atoms with Crippen molar-refractivity contribution in [3.8, 4) is 11.3 Å². The number of likely N-dealkylation sites (tertiary alicyclic amines) is 2. The van der Waals surface area contributed by atoms with Crippen LogP contribution in [0.15, 0.2) is 42.6 Å². The summed E-state index contributed by atoms with van der Waals surface area (Å²) >= 11 is 0.